The molecule has 2 aromatic carbocycles. The van der Waals surface area contributed by atoms with Gasteiger partial charge >= 0.3 is 0 Å². The summed E-state index contributed by atoms with van der Waals surface area (Å²) in [6, 6.07) is 19.5. The average Bonchev–Trinajstić information content (AvgIpc) is 2.58. The molecule has 1 heterocycles. The van der Waals surface area contributed by atoms with Crippen molar-refractivity contribution in [3.8, 4) is 0 Å². The molecule has 3 nitrogen and oxygen atoms in total. The topological polar surface area (TPSA) is 32.3 Å². The van der Waals surface area contributed by atoms with E-state index >= 15 is 0 Å². The van der Waals surface area contributed by atoms with Crippen molar-refractivity contribution < 1.29 is 4.79 Å². The molecule has 0 amide bonds. The van der Waals surface area contributed by atoms with Gasteiger partial charge in [0.25, 0.3) is 0 Å². The molecule has 124 valence electrons. The maximum absolute atomic E-state index is 13.0. The van der Waals surface area contributed by atoms with E-state index in [1.54, 1.807) is 0 Å². The highest BCUT2D eigenvalue weighted by Gasteiger charge is 2.29. The van der Waals surface area contributed by atoms with Crippen LogP contribution in [0.3, 0.4) is 0 Å². The first-order valence-electron chi connectivity index (χ1n) is 7.45. The van der Waals surface area contributed by atoms with Crippen molar-refractivity contribution >= 4 is 30.6 Å². The van der Waals surface area contributed by atoms with Gasteiger partial charge in [0.2, 0.25) is 0 Å². The fourth-order valence-electron chi connectivity index (χ4n) is 2.86. The van der Waals surface area contributed by atoms with Crippen LogP contribution in [0.5, 0.6) is 0 Å². The van der Waals surface area contributed by atoms with Crippen LogP contribution >= 0.6 is 24.8 Å². The number of nitrogens with one attached hydrogen (secondary N) is 1. The van der Waals surface area contributed by atoms with Crippen molar-refractivity contribution in [2.75, 3.05) is 26.2 Å². The van der Waals surface area contributed by atoms with Gasteiger partial charge in [0.1, 0.15) is 0 Å². The largest absolute Gasteiger partial charge is 0.314 e. The quantitative estimate of drug-likeness (QED) is 0.856. The molecule has 0 radical (unpaired) electrons. The number of carbonyl (C=O) groups excluding carboxylic acids is 1. The molecule has 1 aliphatic rings. The zero-order valence-corrected chi connectivity index (χ0v) is 14.5. The monoisotopic (exact) mass is 352 g/mol. The fraction of sp³-hybridized carbons (Fsp3) is 0.278. The first-order valence-corrected chi connectivity index (χ1v) is 7.45. The molecule has 0 spiro atoms. The first-order chi connectivity index (χ1) is 10.4. The summed E-state index contributed by atoms with van der Waals surface area (Å²) in [7, 11) is 0. The Morgan fingerprint density at radius 1 is 0.870 bits per heavy atom. The maximum Gasteiger partial charge on any atom is 0.184 e. The molecule has 1 unspecified atom stereocenters. The molecule has 1 fully saturated rings. The van der Waals surface area contributed by atoms with E-state index in [9.17, 15) is 4.79 Å². The van der Waals surface area contributed by atoms with Crippen LogP contribution in [-0.2, 0) is 0 Å². The number of hydrogen-bond donors (Lipinski definition) is 1. The number of nitrogens with zero attached hydrogens (tertiary/aromatic N) is 1. The third kappa shape index (κ3) is 4.79. The van der Waals surface area contributed by atoms with Gasteiger partial charge in [-0.3, -0.25) is 9.69 Å². The Labute approximate surface area is 149 Å². The van der Waals surface area contributed by atoms with E-state index < -0.39 is 0 Å². The molecule has 23 heavy (non-hydrogen) atoms. The second-order valence-corrected chi connectivity index (χ2v) is 5.33. The molecular weight excluding hydrogens is 331 g/mol. The van der Waals surface area contributed by atoms with Gasteiger partial charge in [-0.05, 0) is 5.56 Å². The number of carbonyl (C=O) groups is 1. The molecule has 3 rings (SSSR count). The van der Waals surface area contributed by atoms with Gasteiger partial charge in [0.15, 0.2) is 5.78 Å². The Balaban J connectivity index is 0.00000132. The van der Waals surface area contributed by atoms with Crippen molar-refractivity contribution in [1.29, 1.82) is 0 Å². The van der Waals surface area contributed by atoms with Gasteiger partial charge in [-0.25, -0.2) is 0 Å². The lowest BCUT2D eigenvalue weighted by Crippen LogP contribution is -2.47. The van der Waals surface area contributed by atoms with Crippen LogP contribution in [0.4, 0.5) is 0 Å². The van der Waals surface area contributed by atoms with Crippen LogP contribution in [0, 0.1) is 0 Å². The van der Waals surface area contributed by atoms with Gasteiger partial charge in [-0.15, -0.1) is 24.8 Å². The fourth-order valence-corrected chi connectivity index (χ4v) is 2.86. The maximum atomic E-state index is 13.0. The van der Waals surface area contributed by atoms with E-state index in [0.717, 1.165) is 37.3 Å². The molecule has 0 aliphatic carbocycles. The van der Waals surface area contributed by atoms with Crippen LogP contribution in [0.15, 0.2) is 60.7 Å². The Hall–Kier alpha value is -1.39. The normalized spacial score (nSPS) is 15.8. The molecule has 5 heteroatoms. The summed E-state index contributed by atoms with van der Waals surface area (Å²) in [6.07, 6.45) is 0. The van der Waals surface area contributed by atoms with Gasteiger partial charge in [0.05, 0.1) is 6.04 Å². The van der Waals surface area contributed by atoms with E-state index in [4.69, 9.17) is 0 Å². The standard InChI is InChI=1S/C18H20N2O.2ClH/c21-18(16-9-5-2-6-10-16)17(15-7-3-1-4-8-15)20-13-11-19-12-14-20;;/h1-10,17,19H,11-14H2;2*1H. The minimum absolute atomic E-state index is 0. The highest BCUT2D eigenvalue weighted by Crippen LogP contribution is 2.25. The molecule has 1 atom stereocenters. The molecule has 0 bridgehead atoms. The zero-order valence-electron chi connectivity index (χ0n) is 12.9. The number of Topliss-reactive ketones (excluding diaryl/α,β-unsaturated/α-hetero) is 1. The second kappa shape index (κ2) is 9.68. The highest BCUT2D eigenvalue weighted by atomic mass is 35.5. The lowest BCUT2D eigenvalue weighted by atomic mass is 9.95. The number of hydrogen-bond acceptors (Lipinski definition) is 3. The molecule has 2 aromatic rings. The summed E-state index contributed by atoms with van der Waals surface area (Å²) in [5, 5.41) is 3.35. The predicted molar refractivity (Wildman–Crippen MR) is 98.9 cm³/mol. The van der Waals surface area contributed by atoms with Crippen LogP contribution in [0.25, 0.3) is 0 Å². The lowest BCUT2D eigenvalue weighted by Gasteiger charge is -2.34. The van der Waals surface area contributed by atoms with Crippen LogP contribution < -0.4 is 5.32 Å². The Morgan fingerprint density at radius 3 is 1.96 bits per heavy atom. The summed E-state index contributed by atoms with van der Waals surface area (Å²) in [5.74, 6) is 0.184. The summed E-state index contributed by atoms with van der Waals surface area (Å²) in [6.45, 7) is 3.67. The molecule has 1 N–H and O–H groups in total. The molecular formula is C18H22Cl2N2O. The van der Waals surface area contributed by atoms with Crippen LogP contribution in [0.2, 0.25) is 0 Å². The number of halogens is 2. The van der Waals surface area contributed by atoms with Crippen molar-refractivity contribution in [1.82, 2.24) is 10.2 Å². The molecule has 0 saturated carbocycles. The number of benzene rings is 2. The van der Waals surface area contributed by atoms with E-state index in [1.165, 1.54) is 0 Å². The van der Waals surface area contributed by atoms with Crippen LogP contribution in [-0.4, -0.2) is 36.9 Å². The highest BCUT2D eigenvalue weighted by molar-refractivity contribution is 6.00. The summed E-state index contributed by atoms with van der Waals surface area (Å²) < 4.78 is 0. The van der Waals surface area contributed by atoms with E-state index in [2.05, 4.69) is 10.2 Å². The summed E-state index contributed by atoms with van der Waals surface area (Å²) >= 11 is 0. The zero-order chi connectivity index (χ0) is 14.5. The predicted octanol–water partition coefficient (Wildman–Crippen LogP) is 3.36. The minimum Gasteiger partial charge on any atom is -0.314 e. The third-order valence-corrected chi connectivity index (χ3v) is 3.94. The second-order valence-electron chi connectivity index (χ2n) is 5.33. The minimum atomic E-state index is -0.185. The first kappa shape index (κ1) is 19.7. The van der Waals surface area contributed by atoms with Gasteiger partial charge in [0, 0.05) is 31.7 Å². The van der Waals surface area contributed by atoms with Gasteiger partial charge in [-0.1, -0.05) is 60.7 Å². The van der Waals surface area contributed by atoms with Crippen molar-refractivity contribution in [2.45, 2.75) is 6.04 Å². The third-order valence-electron chi connectivity index (χ3n) is 3.94. The number of rotatable bonds is 4. The van der Waals surface area contributed by atoms with E-state index in [0.29, 0.717) is 0 Å². The summed E-state index contributed by atoms with van der Waals surface area (Å²) in [4.78, 5) is 15.3. The van der Waals surface area contributed by atoms with E-state index in [-0.39, 0.29) is 36.6 Å². The Morgan fingerprint density at radius 2 is 1.39 bits per heavy atom. The molecule has 1 aliphatic heterocycles. The molecule has 0 aromatic heterocycles. The molecule has 1 saturated heterocycles. The van der Waals surface area contributed by atoms with Gasteiger partial charge in [-0.2, -0.15) is 0 Å². The van der Waals surface area contributed by atoms with Crippen LogP contribution in [0.1, 0.15) is 22.0 Å². The smallest absolute Gasteiger partial charge is 0.184 e. The Bertz CT molecular complexity index is 586. The van der Waals surface area contributed by atoms with Gasteiger partial charge < -0.3 is 5.32 Å². The Kier molecular flexibility index (Phi) is 8.28. The summed E-state index contributed by atoms with van der Waals surface area (Å²) in [5.41, 5.74) is 1.86. The number of ketones is 1. The van der Waals surface area contributed by atoms with E-state index in [1.807, 2.05) is 60.7 Å². The lowest BCUT2D eigenvalue weighted by molar-refractivity contribution is 0.0795. The van der Waals surface area contributed by atoms with Crippen molar-refractivity contribution in [3.05, 3.63) is 71.8 Å². The SMILES string of the molecule is Cl.Cl.O=C(c1ccccc1)C(c1ccccc1)N1CCNCC1. The average molecular weight is 353 g/mol. The van der Waals surface area contributed by atoms with Crippen molar-refractivity contribution in [3.63, 3.8) is 0 Å². The number of piperazine rings is 1. The van der Waals surface area contributed by atoms with Crippen molar-refractivity contribution in [2.24, 2.45) is 0 Å².